The molecule has 0 amide bonds. The molecule has 136 valence electrons. The van der Waals surface area contributed by atoms with E-state index in [9.17, 15) is 9.59 Å². The summed E-state index contributed by atoms with van der Waals surface area (Å²) in [6, 6.07) is 8.20. The summed E-state index contributed by atoms with van der Waals surface area (Å²) in [4.78, 5) is 24.3. The van der Waals surface area contributed by atoms with Gasteiger partial charge >= 0.3 is 11.6 Å². The first-order chi connectivity index (χ1) is 12.6. The number of unbranched alkanes of at least 4 members (excludes halogenated alkanes) is 3. The molecule has 0 bridgehead atoms. The molecule has 0 aliphatic carbocycles. The highest BCUT2D eigenvalue weighted by atomic mass is 16.5. The van der Waals surface area contributed by atoms with Gasteiger partial charge in [-0.25, -0.2) is 9.59 Å². The SMILES string of the molecule is CCCCCCc1c(C)c2ccc(OC(=O)c3ccco3)cc2oc1=O. The van der Waals surface area contributed by atoms with Crippen molar-refractivity contribution < 1.29 is 18.4 Å². The fourth-order valence-corrected chi connectivity index (χ4v) is 3.01. The zero-order chi connectivity index (χ0) is 18.5. The van der Waals surface area contributed by atoms with Crippen molar-refractivity contribution >= 4 is 16.9 Å². The van der Waals surface area contributed by atoms with Crippen LogP contribution in [0.25, 0.3) is 11.0 Å². The first kappa shape index (κ1) is 18.0. The molecule has 26 heavy (non-hydrogen) atoms. The zero-order valence-corrected chi connectivity index (χ0v) is 15.0. The highest BCUT2D eigenvalue weighted by molar-refractivity contribution is 5.89. The van der Waals surface area contributed by atoms with Crippen molar-refractivity contribution in [1.29, 1.82) is 0 Å². The summed E-state index contributed by atoms with van der Waals surface area (Å²) in [5.74, 6) is -0.178. The van der Waals surface area contributed by atoms with Crippen LogP contribution in [0.2, 0.25) is 0 Å². The van der Waals surface area contributed by atoms with Gasteiger partial charge in [-0.05, 0) is 49.6 Å². The second kappa shape index (κ2) is 8.04. The molecule has 5 heteroatoms. The minimum Gasteiger partial charge on any atom is -0.457 e. The minimum absolute atomic E-state index is 0.116. The quantitative estimate of drug-likeness (QED) is 0.257. The van der Waals surface area contributed by atoms with Crippen LogP contribution >= 0.6 is 0 Å². The van der Waals surface area contributed by atoms with Crippen LogP contribution in [0.1, 0.15) is 54.3 Å². The summed E-state index contributed by atoms with van der Waals surface area (Å²) in [6.07, 6.45) is 6.53. The third-order valence-electron chi connectivity index (χ3n) is 4.47. The minimum atomic E-state index is -0.596. The third-order valence-corrected chi connectivity index (χ3v) is 4.47. The lowest BCUT2D eigenvalue weighted by Gasteiger charge is -2.09. The van der Waals surface area contributed by atoms with Gasteiger partial charge in [0.15, 0.2) is 0 Å². The number of aryl methyl sites for hydroxylation is 1. The smallest absolute Gasteiger partial charge is 0.379 e. The molecule has 5 nitrogen and oxygen atoms in total. The van der Waals surface area contributed by atoms with Crippen molar-refractivity contribution in [3.8, 4) is 5.75 Å². The third kappa shape index (κ3) is 3.87. The number of rotatable bonds is 7. The van der Waals surface area contributed by atoms with Crippen LogP contribution in [0.5, 0.6) is 5.75 Å². The van der Waals surface area contributed by atoms with Gasteiger partial charge < -0.3 is 13.6 Å². The molecular formula is C21H22O5. The van der Waals surface area contributed by atoms with E-state index >= 15 is 0 Å². The molecule has 0 aliphatic rings. The predicted octanol–water partition coefficient (Wildman–Crippen LogP) is 5.04. The molecule has 0 spiro atoms. The second-order valence-electron chi connectivity index (χ2n) is 6.33. The Morgan fingerprint density at radius 2 is 2.00 bits per heavy atom. The summed E-state index contributed by atoms with van der Waals surface area (Å²) in [6.45, 7) is 4.09. The van der Waals surface area contributed by atoms with Crippen LogP contribution in [0, 0.1) is 6.92 Å². The van der Waals surface area contributed by atoms with Crippen molar-refractivity contribution in [1.82, 2.24) is 0 Å². The van der Waals surface area contributed by atoms with Crippen LogP contribution in [-0.2, 0) is 6.42 Å². The average molecular weight is 354 g/mol. The van der Waals surface area contributed by atoms with Gasteiger partial charge in [-0.2, -0.15) is 0 Å². The number of furan rings is 1. The van der Waals surface area contributed by atoms with E-state index in [0.717, 1.165) is 42.2 Å². The first-order valence-corrected chi connectivity index (χ1v) is 8.92. The molecule has 0 saturated heterocycles. The molecule has 0 atom stereocenters. The van der Waals surface area contributed by atoms with E-state index in [4.69, 9.17) is 13.6 Å². The second-order valence-corrected chi connectivity index (χ2v) is 6.33. The Balaban J connectivity index is 1.84. The number of carbonyl (C=O) groups is 1. The largest absolute Gasteiger partial charge is 0.457 e. The van der Waals surface area contributed by atoms with Crippen molar-refractivity contribution in [3.63, 3.8) is 0 Å². The fourth-order valence-electron chi connectivity index (χ4n) is 3.01. The molecule has 0 saturated carbocycles. The van der Waals surface area contributed by atoms with E-state index in [0.29, 0.717) is 11.3 Å². The number of ether oxygens (including phenoxy) is 1. The summed E-state index contributed by atoms with van der Waals surface area (Å²) in [5, 5.41) is 0.855. The van der Waals surface area contributed by atoms with Gasteiger partial charge in [-0.15, -0.1) is 0 Å². The van der Waals surface area contributed by atoms with Crippen LogP contribution < -0.4 is 10.4 Å². The Hall–Kier alpha value is -2.82. The van der Waals surface area contributed by atoms with Crippen molar-refractivity contribution in [2.24, 2.45) is 0 Å². The van der Waals surface area contributed by atoms with Gasteiger partial charge in [0.1, 0.15) is 11.3 Å². The molecule has 0 unspecified atom stereocenters. The molecule has 0 aliphatic heterocycles. The van der Waals surface area contributed by atoms with Gasteiger partial charge in [0.2, 0.25) is 5.76 Å². The monoisotopic (exact) mass is 354 g/mol. The standard InChI is InChI=1S/C21H22O5/c1-3-4-5-6-8-17-14(2)16-11-10-15(13-19(16)26-20(17)22)25-21(23)18-9-7-12-24-18/h7,9-13H,3-6,8H2,1-2H3. The van der Waals surface area contributed by atoms with E-state index < -0.39 is 5.97 Å². The fraction of sp³-hybridized carbons (Fsp3) is 0.333. The van der Waals surface area contributed by atoms with Gasteiger partial charge in [-0.1, -0.05) is 26.2 Å². The predicted molar refractivity (Wildman–Crippen MR) is 98.7 cm³/mol. The van der Waals surface area contributed by atoms with Gasteiger partial charge in [0, 0.05) is 17.0 Å². The Bertz CT molecular complexity index is 950. The summed E-state index contributed by atoms with van der Waals surface area (Å²) in [5.41, 5.74) is 1.75. The molecule has 0 radical (unpaired) electrons. The highest BCUT2D eigenvalue weighted by Crippen LogP contribution is 2.25. The van der Waals surface area contributed by atoms with Crippen molar-refractivity contribution in [2.45, 2.75) is 46.0 Å². The van der Waals surface area contributed by atoms with Crippen LogP contribution in [0.15, 0.2) is 50.2 Å². The Morgan fingerprint density at radius 3 is 2.73 bits per heavy atom. The highest BCUT2D eigenvalue weighted by Gasteiger charge is 2.15. The van der Waals surface area contributed by atoms with Crippen molar-refractivity contribution in [3.05, 3.63) is 63.9 Å². The topological polar surface area (TPSA) is 69.7 Å². The maximum atomic E-state index is 12.3. The number of carbonyl (C=O) groups excluding carboxylic acids is 1. The lowest BCUT2D eigenvalue weighted by atomic mass is 10.0. The van der Waals surface area contributed by atoms with Gasteiger partial charge in [-0.3, -0.25) is 0 Å². The van der Waals surface area contributed by atoms with E-state index in [1.807, 2.05) is 13.0 Å². The number of hydrogen-bond donors (Lipinski definition) is 0. The summed E-state index contributed by atoms with van der Waals surface area (Å²) < 4.78 is 15.8. The lowest BCUT2D eigenvalue weighted by Crippen LogP contribution is -2.11. The van der Waals surface area contributed by atoms with E-state index in [-0.39, 0.29) is 11.4 Å². The first-order valence-electron chi connectivity index (χ1n) is 8.92. The summed E-state index contributed by atoms with van der Waals surface area (Å²) in [7, 11) is 0. The molecular weight excluding hydrogens is 332 g/mol. The molecule has 3 aromatic rings. The number of esters is 1. The summed E-state index contributed by atoms with van der Waals surface area (Å²) >= 11 is 0. The van der Waals surface area contributed by atoms with Crippen LogP contribution in [0.4, 0.5) is 0 Å². The zero-order valence-electron chi connectivity index (χ0n) is 15.0. The Labute approximate surface area is 151 Å². The number of benzene rings is 1. The van der Waals surface area contributed by atoms with Crippen LogP contribution in [0.3, 0.4) is 0 Å². The van der Waals surface area contributed by atoms with Gasteiger partial charge in [0.05, 0.1) is 6.26 Å². The maximum absolute atomic E-state index is 12.3. The number of hydrogen-bond acceptors (Lipinski definition) is 5. The molecule has 0 fully saturated rings. The van der Waals surface area contributed by atoms with Gasteiger partial charge in [0.25, 0.3) is 0 Å². The van der Waals surface area contributed by atoms with Crippen LogP contribution in [-0.4, -0.2) is 5.97 Å². The average Bonchev–Trinajstić information content (AvgIpc) is 3.15. The van der Waals surface area contributed by atoms with E-state index in [2.05, 4.69) is 6.92 Å². The van der Waals surface area contributed by atoms with E-state index in [1.165, 1.54) is 18.8 Å². The normalized spacial score (nSPS) is 11.0. The molecule has 3 rings (SSSR count). The van der Waals surface area contributed by atoms with E-state index in [1.54, 1.807) is 18.2 Å². The molecule has 2 heterocycles. The molecule has 2 aromatic heterocycles. The maximum Gasteiger partial charge on any atom is 0.379 e. The molecule has 0 N–H and O–H groups in total. The number of fused-ring (bicyclic) bond motifs is 1. The molecule has 1 aromatic carbocycles. The van der Waals surface area contributed by atoms with Crippen molar-refractivity contribution in [2.75, 3.05) is 0 Å². The lowest BCUT2D eigenvalue weighted by molar-refractivity contribution is 0.0701. The Morgan fingerprint density at radius 1 is 1.15 bits per heavy atom. The Kier molecular flexibility index (Phi) is 5.56.